The van der Waals surface area contributed by atoms with E-state index in [1.54, 1.807) is 0 Å². The van der Waals surface area contributed by atoms with Crippen LogP contribution in [0.3, 0.4) is 0 Å². The quantitative estimate of drug-likeness (QED) is 0.764. The van der Waals surface area contributed by atoms with Crippen molar-refractivity contribution in [1.29, 1.82) is 0 Å². The third-order valence-corrected chi connectivity index (χ3v) is 3.43. The van der Waals surface area contributed by atoms with E-state index in [0.29, 0.717) is 32.7 Å². The highest BCUT2D eigenvalue weighted by atomic mass is 19.4. The Morgan fingerprint density at radius 2 is 1.50 bits per heavy atom. The molecule has 120 valence electrons. The highest BCUT2D eigenvalue weighted by Crippen LogP contribution is 2.18. The third kappa shape index (κ3) is 6.39. The molecule has 2 N–H and O–H groups in total. The predicted octanol–water partition coefficient (Wildman–Crippen LogP) is 0.915. The maximum Gasteiger partial charge on any atom is 0.401 e. The molecule has 1 fully saturated rings. The van der Waals surface area contributed by atoms with Gasteiger partial charge in [0.05, 0.1) is 18.7 Å². The van der Waals surface area contributed by atoms with Crippen LogP contribution in [-0.4, -0.2) is 78.5 Å². The molecule has 0 aromatic rings. The van der Waals surface area contributed by atoms with Crippen molar-refractivity contribution in [1.82, 2.24) is 15.1 Å². The lowest BCUT2D eigenvalue weighted by atomic mass is 10.0. The molecule has 1 heterocycles. The number of halogens is 3. The number of hydrogen-bond acceptors (Lipinski definition) is 4. The Morgan fingerprint density at radius 3 is 1.85 bits per heavy atom. The average molecular weight is 297 g/mol. The lowest BCUT2D eigenvalue weighted by Crippen LogP contribution is -2.59. The van der Waals surface area contributed by atoms with Crippen LogP contribution >= 0.6 is 0 Å². The van der Waals surface area contributed by atoms with Gasteiger partial charge in [-0.15, -0.1) is 0 Å². The molecule has 0 saturated carbocycles. The van der Waals surface area contributed by atoms with Gasteiger partial charge in [0.2, 0.25) is 0 Å². The van der Waals surface area contributed by atoms with E-state index in [2.05, 4.69) is 10.2 Å². The standard InChI is InChI=1S/C13H26F3N3O/c1-11(2)17-12(3,10-20)8-18-4-6-19(7-5-18)9-13(14,15)16/h11,17,20H,4-10H2,1-3H3. The molecule has 0 bridgehead atoms. The number of alkyl halides is 3. The maximum atomic E-state index is 12.3. The zero-order valence-electron chi connectivity index (χ0n) is 12.5. The summed E-state index contributed by atoms with van der Waals surface area (Å²) in [5, 5.41) is 12.8. The third-order valence-electron chi connectivity index (χ3n) is 3.43. The van der Waals surface area contributed by atoms with Crippen LogP contribution < -0.4 is 5.32 Å². The van der Waals surface area contributed by atoms with E-state index in [1.807, 2.05) is 20.8 Å². The summed E-state index contributed by atoms with van der Waals surface area (Å²) in [5.41, 5.74) is -0.416. The average Bonchev–Trinajstić information content (AvgIpc) is 2.29. The molecule has 1 rings (SSSR count). The van der Waals surface area contributed by atoms with Crippen LogP contribution in [0.25, 0.3) is 0 Å². The van der Waals surface area contributed by atoms with Crippen molar-refractivity contribution in [2.24, 2.45) is 0 Å². The minimum Gasteiger partial charge on any atom is -0.394 e. The number of nitrogens with one attached hydrogen (secondary N) is 1. The fraction of sp³-hybridized carbons (Fsp3) is 1.00. The molecular formula is C13H26F3N3O. The molecule has 0 aliphatic carbocycles. The van der Waals surface area contributed by atoms with E-state index in [-0.39, 0.29) is 12.6 Å². The van der Waals surface area contributed by atoms with Gasteiger partial charge in [-0.05, 0) is 6.92 Å². The second kappa shape index (κ2) is 7.06. The molecule has 1 aliphatic heterocycles. The molecule has 0 aromatic carbocycles. The molecule has 1 atom stereocenters. The van der Waals surface area contributed by atoms with Crippen LogP contribution in [0.2, 0.25) is 0 Å². The van der Waals surface area contributed by atoms with Crippen molar-refractivity contribution in [2.45, 2.75) is 38.5 Å². The number of aliphatic hydroxyl groups excluding tert-OH is 1. The molecule has 0 spiro atoms. The lowest BCUT2D eigenvalue weighted by Gasteiger charge is -2.40. The van der Waals surface area contributed by atoms with Gasteiger partial charge in [-0.2, -0.15) is 13.2 Å². The fourth-order valence-corrected chi connectivity index (χ4v) is 2.69. The maximum absolute atomic E-state index is 12.3. The van der Waals surface area contributed by atoms with Gasteiger partial charge in [0.1, 0.15) is 0 Å². The Balaban J connectivity index is 2.41. The minimum absolute atomic E-state index is 0.00788. The van der Waals surface area contributed by atoms with Crippen LogP contribution in [0.1, 0.15) is 20.8 Å². The van der Waals surface area contributed by atoms with Gasteiger partial charge in [0.25, 0.3) is 0 Å². The van der Waals surface area contributed by atoms with Crippen LogP contribution in [0, 0.1) is 0 Å². The zero-order valence-corrected chi connectivity index (χ0v) is 12.5. The van der Waals surface area contributed by atoms with Crippen molar-refractivity contribution in [2.75, 3.05) is 45.9 Å². The smallest absolute Gasteiger partial charge is 0.394 e. The molecule has 0 aromatic heterocycles. The monoisotopic (exact) mass is 297 g/mol. The summed E-state index contributed by atoms with van der Waals surface area (Å²) in [6.45, 7) is 7.82. The number of hydrogen-bond donors (Lipinski definition) is 2. The summed E-state index contributed by atoms with van der Waals surface area (Å²) in [4.78, 5) is 3.54. The summed E-state index contributed by atoms with van der Waals surface area (Å²) >= 11 is 0. The van der Waals surface area contributed by atoms with E-state index in [4.69, 9.17) is 0 Å². The molecule has 0 amide bonds. The fourth-order valence-electron chi connectivity index (χ4n) is 2.69. The highest BCUT2D eigenvalue weighted by molar-refractivity contribution is 4.89. The SMILES string of the molecule is CC(C)NC(C)(CO)CN1CCN(CC(F)(F)F)CC1. The Bertz CT molecular complexity index is 291. The first-order chi connectivity index (χ1) is 9.13. The Labute approximate surface area is 118 Å². The summed E-state index contributed by atoms with van der Waals surface area (Å²) < 4.78 is 36.9. The van der Waals surface area contributed by atoms with Crippen molar-refractivity contribution in [3.8, 4) is 0 Å². The van der Waals surface area contributed by atoms with Crippen molar-refractivity contribution in [3.63, 3.8) is 0 Å². The highest BCUT2D eigenvalue weighted by Gasteiger charge is 2.33. The van der Waals surface area contributed by atoms with Crippen LogP contribution in [0.5, 0.6) is 0 Å². The number of nitrogens with zero attached hydrogens (tertiary/aromatic N) is 2. The van der Waals surface area contributed by atoms with E-state index < -0.39 is 18.3 Å². The molecular weight excluding hydrogens is 271 g/mol. The second-order valence-corrected chi connectivity index (χ2v) is 6.19. The van der Waals surface area contributed by atoms with Crippen molar-refractivity contribution >= 4 is 0 Å². The van der Waals surface area contributed by atoms with Gasteiger partial charge >= 0.3 is 6.18 Å². The Kier molecular flexibility index (Phi) is 6.25. The topological polar surface area (TPSA) is 38.7 Å². The van der Waals surface area contributed by atoms with Gasteiger partial charge < -0.3 is 10.4 Å². The minimum atomic E-state index is -4.12. The van der Waals surface area contributed by atoms with Crippen molar-refractivity contribution < 1.29 is 18.3 Å². The van der Waals surface area contributed by atoms with E-state index in [9.17, 15) is 18.3 Å². The van der Waals surface area contributed by atoms with Crippen molar-refractivity contribution in [3.05, 3.63) is 0 Å². The summed E-state index contributed by atoms with van der Waals surface area (Å²) in [6, 6.07) is 0.249. The van der Waals surface area contributed by atoms with Crippen LogP contribution in [0.15, 0.2) is 0 Å². The largest absolute Gasteiger partial charge is 0.401 e. The van der Waals surface area contributed by atoms with E-state index in [1.165, 1.54) is 4.90 Å². The second-order valence-electron chi connectivity index (χ2n) is 6.19. The van der Waals surface area contributed by atoms with Gasteiger partial charge in [-0.1, -0.05) is 13.8 Å². The summed E-state index contributed by atoms with van der Waals surface area (Å²) in [6.07, 6.45) is -4.12. The number of aliphatic hydroxyl groups is 1. The first-order valence-electron chi connectivity index (χ1n) is 7.03. The first-order valence-corrected chi connectivity index (χ1v) is 7.03. The zero-order chi connectivity index (χ0) is 15.4. The molecule has 0 radical (unpaired) electrons. The van der Waals surface area contributed by atoms with Gasteiger partial charge in [0, 0.05) is 38.8 Å². The van der Waals surface area contributed by atoms with Gasteiger partial charge in [0.15, 0.2) is 0 Å². The van der Waals surface area contributed by atoms with E-state index >= 15 is 0 Å². The van der Waals surface area contributed by atoms with Gasteiger partial charge in [-0.3, -0.25) is 9.80 Å². The number of rotatable bonds is 6. The van der Waals surface area contributed by atoms with Gasteiger partial charge in [-0.25, -0.2) is 0 Å². The summed E-state index contributed by atoms with van der Waals surface area (Å²) in [5.74, 6) is 0. The van der Waals surface area contributed by atoms with Crippen LogP contribution in [0.4, 0.5) is 13.2 Å². The van der Waals surface area contributed by atoms with Crippen LogP contribution in [-0.2, 0) is 0 Å². The number of piperazine rings is 1. The Morgan fingerprint density at radius 1 is 1.05 bits per heavy atom. The summed E-state index contributed by atoms with van der Waals surface area (Å²) in [7, 11) is 0. The normalized spacial score (nSPS) is 22.2. The Hall–Kier alpha value is -0.370. The lowest BCUT2D eigenvalue weighted by molar-refractivity contribution is -0.149. The molecule has 1 saturated heterocycles. The molecule has 4 nitrogen and oxygen atoms in total. The molecule has 7 heteroatoms. The molecule has 20 heavy (non-hydrogen) atoms. The molecule has 1 aliphatic rings. The van der Waals surface area contributed by atoms with E-state index in [0.717, 1.165) is 0 Å². The predicted molar refractivity (Wildman–Crippen MR) is 72.7 cm³/mol. The molecule has 1 unspecified atom stereocenters. The first kappa shape index (κ1) is 17.7.